The molecule has 1 atom stereocenters. The first-order chi connectivity index (χ1) is 12.7. The number of hydrogen-bond acceptors (Lipinski definition) is 5. The maximum absolute atomic E-state index is 13.5. The van der Waals surface area contributed by atoms with E-state index in [-0.39, 0.29) is 18.2 Å². The number of aromatic nitrogens is 1. The van der Waals surface area contributed by atoms with Crippen LogP contribution in [0.5, 0.6) is 0 Å². The quantitative estimate of drug-likeness (QED) is 0.621. The Morgan fingerprint density at radius 2 is 2.07 bits per heavy atom. The molecule has 144 valence electrons. The minimum absolute atomic E-state index is 0. The zero-order valence-corrected chi connectivity index (χ0v) is 17.4. The molecule has 3 nitrogen and oxygen atoms in total. The van der Waals surface area contributed by atoms with Gasteiger partial charge in [0.15, 0.2) is 0 Å². The minimum atomic E-state index is -0.182. The number of fused-ring (bicyclic) bond motifs is 1. The predicted octanol–water partition coefficient (Wildman–Crippen LogP) is 5.06. The fraction of sp³-hybridized carbons (Fsp3) is 0.450. The van der Waals surface area contributed by atoms with Crippen molar-refractivity contribution in [1.29, 1.82) is 0 Å². The molecule has 1 aliphatic carbocycles. The number of piperidine rings is 1. The van der Waals surface area contributed by atoms with E-state index < -0.39 is 0 Å². The summed E-state index contributed by atoms with van der Waals surface area (Å²) in [6, 6.07) is 7.76. The molecule has 5 rings (SSSR count). The molecule has 0 bridgehead atoms. The van der Waals surface area contributed by atoms with Crippen LogP contribution in [0.3, 0.4) is 0 Å². The molecule has 1 spiro atoms. The number of thiazole rings is 1. The lowest BCUT2D eigenvalue weighted by Gasteiger charge is -2.29. The van der Waals surface area contributed by atoms with E-state index in [9.17, 15) is 4.39 Å². The average Bonchev–Trinajstić information content (AvgIpc) is 3.01. The molecule has 1 unspecified atom stereocenters. The van der Waals surface area contributed by atoms with Crippen LogP contribution in [0.1, 0.15) is 29.8 Å². The first-order valence-corrected chi connectivity index (χ1v) is 11.0. The van der Waals surface area contributed by atoms with Crippen LogP contribution >= 0.6 is 35.1 Å². The number of halogens is 2. The fourth-order valence-corrected chi connectivity index (χ4v) is 6.06. The van der Waals surface area contributed by atoms with Crippen molar-refractivity contribution in [2.45, 2.75) is 38.4 Å². The maximum Gasteiger partial charge on any atom is 0.124 e. The van der Waals surface area contributed by atoms with Gasteiger partial charge in [-0.25, -0.2) is 9.37 Å². The molecule has 7 heteroatoms. The zero-order valence-electron chi connectivity index (χ0n) is 15.0. The van der Waals surface area contributed by atoms with Crippen LogP contribution in [0.15, 0.2) is 35.0 Å². The Kier molecular flexibility index (Phi) is 5.54. The van der Waals surface area contributed by atoms with Crippen molar-refractivity contribution >= 4 is 45.3 Å². The highest BCUT2D eigenvalue weighted by Gasteiger charge is 2.56. The molecular weight excluding hydrogens is 401 g/mol. The molecule has 0 radical (unpaired) electrons. The van der Waals surface area contributed by atoms with Gasteiger partial charge in [-0.3, -0.25) is 4.90 Å². The van der Waals surface area contributed by atoms with E-state index in [1.165, 1.54) is 30.9 Å². The lowest BCUT2D eigenvalue weighted by molar-refractivity contribution is 0.188. The Labute approximate surface area is 173 Å². The SMILES string of the molecule is Cl.Fc1ccc2nc(CN(Cc3ccsc3)C3CC34CCNCC4)sc2c1. The summed E-state index contributed by atoms with van der Waals surface area (Å²) in [4.78, 5) is 7.38. The summed E-state index contributed by atoms with van der Waals surface area (Å²) in [5.74, 6) is -0.182. The van der Waals surface area contributed by atoms with Gasteiger partial charge < -0.3 is 5.32 Å². The fourth-order valence-electron chi connectivity index (χ4n) is 4.39. The van der Waals surface area contributed by atoms with Gasteiger partial charge in [0.05, 0.1) is 16.8 Å². The summed E-state index contributed by atoms with van der Waals surface area (Å²) in [7, 11) is 0. The Hall–Kier alpha value is -1.05. The number of nitrogens with zero attached hydrogens (tertiary/aromatic N) is 2. The van der Waals surface area contributed by atoms with Crippen molar-refractivity contribution in [2.75, 3.05) is 13.1 Å². The first-order valence-electron chi connectivity index (χ1n) is 9.23. The standard InChI is InChI=1S/C20H22FN3S2.ClH/c21-15-1-2-16-17(9-15)26-19(23-16)12-24(11-14-3-8-25-13-14)18-10-20(18)4-6-22-7-5-20;/h1-3,8-9,13,18,22H,4-7,10-12H2;1H. The highest BCUT2D eigenvalue weighted by atomic mass is 35.5. The molecule has 1 aromatic carbocycles. The number of benzene rings is 1. The molecule has 1 aliphatic heterocycles. The molecule has 1 saturated heterocycles. The van der Waals surface area contributed by atoms with Crippen LogP contribution in [0.4, 0.5) is 4.39 Å². The third-order valence-corrected chi connectivity index (χ3v) is 7.62. The van der Waals surface area contributed by atoms with Gasteiger partial charge in [-0.15, -0.1) is 23.7 Å². The number of rotatable bonds is 5. The lowest BCUT2D eigenvalue weighted by Crippen LogP contribution is -2.35. The second-order valence-corrected chi connectivity index (χ2v) is 9.48. The molecule has 1 N–H and O–H groups in total. The van der Waals surface area contributed by atoms with Gasteiger partial charge in [-0.1, -0.05) is 0 Å². The largest absolute Gasteiger partial charge is 0.317 e. The molecule has 3 heterocycles. The van der Waals surface area contributed by atoms with Crippen LogP contribution in [-0.2, 0) is 13.1 Å². The Balaban J connectivity index is 0.00000180. The number of hydrogen-bond donors (Lipinski definition) is 1. The van der Waals surface area contributed by atoms with Crippen molar-refractivity contribution in [3.8, 4) is 0 Å². The van der Waals surface area contributed by atoms with E-state index in [1.54, 1.807) is 34.8 Å². The minimum Gasteiger partial charge on any atom is -0.317 e. The second kappa shape index (κ2) is 7.76. The van der Waals surface area contributed by atoms with Gasteiger partial charge in [-0.2, -0.15) is 11.3 Å². The summed E-state index contributed by atoms with van der Waals surface area (Å²) in [6.45, 7) is 4.12. The van der Waals surface area contributed by atoms with E-state index in [0.29, 0.717) is 11.5 Å². The summed E-state index contributed by atoms with van der Waals surface area (Å²) >= 11 is 3.39. The summed E-state index contributed by atoms with van der Waals surface area (Å²) in [5, 5.41) is 8.99. The molecule has 2 fully saturated rings. The Bertz CT molecular complexity index is 905. The van der Waals surface area contributed by atoms with Crippen molar-refractivity contribution in [3.63, 3.8) is 0 Å². The van der Waals surface area contributed by atoms with Gasteiger partial charge >= 0.3 is 0 Å². The molecule has 3 aromatic rings. The lowest BCUT2D eigenvalue weighted by atomic mass is 9.93. The topological polar surface area (TPSA) is 28.2 Å². The number of thiophene rings is 1. The van der Waals surface area contributed by atoms with E-state index in [2.05, 4.69) is 27.0 Å². The normalized spacial score (nSPS) is 20.9. The average molecular weight is 424 g/mol. The van der Waals surface area contributed by atoms with Gasteiger partial charge in [0.2, 0.25) is 0 Å². The van der Waals surface area contributed by atoms with Crippen molar-refractivity contribution in [1.82, 2.24) is 15.2 Å². The maximum atomic E-state index is 13.5. The van der Waals surface area contributed by atoms with Gasteiger partial charge in [0.25, 0.3) is 0 Å². The summed E-state index contributed by atoms with van der Waals surface area (Å²) in [5.41, 5.74) is 2.80. The Morgan fingerprint density at radius 1 is 1.22 bits per heavy atom. The van der Waals surface area contributed by atoms with Crippen LogP contribution in [0.25, 0.3) is 10.2 Å². The van der Waals surface area contributed by atoms with E-state index in [4.69, 9.17) is 4.98 Å². The van der Waals surface area contributed by atoms with Crippen molar-refractivity contribution in [2.24, 2.45) is 5.41 Å². The van der Waals surface area contributed by atoms with Crippen LogP contribution in [0.2, 0.25) is 0 Å². The number of nitrogens with one attached hydrogen (secondary N) is 1. The smallest absolute Gasteiger partial charge is 0.124 e. The molecule has 2 aliphatic rings. The van der Waals surface area contributed by atoms with Crippen LogP contribution in [-0.4, -0.2) is 29.0 Å². The highest BCUT2D eigenvalue weighted by Crippen LogP contribution is 2.56. The molecular formula is C20H23ClFN3S2. The zero-order chi connectivity index (χ0) is 17.6. The summed E-state index contributed by atoms with van der Waals surface area (Å²) in [6.07, 6.45) is 3.87. The van der Waals surface area contributed by atoms with Crippen LogP contribution in [0, 0.1) is 11.2 Å². The monoisotopic (exact) mass is 423 g/mol. The van der Waals surface area contributed by atoms with E-state index in [1.807, 2.05) is 0 Å². The van der Waals surface area contributed by atoms with E-state index in [0.717, 1.165) is 41.4 Å². The van der Waals surface area contributed by atoms with Gasteiger partial charge in [0, 0.05) is 12.6 Å². The second-order valence-electron chi connectivity index (χ2n) is 7.59. The summed E-state index contributed by atoms with van der Waals surface area (Å²) < 4.78 is 14.4. The van der Waals surface area contributed by atoms with Crippen LogP contribution < -0.4 is 5.32 Å². The van der Waals surface area contributed by atoms with Gasteiger partial charge in [-0.05, 0) is 78.4 Å². The van der Waals surface area contributed by atoms with Crippen molar-refractivity contribution in [3.05, 3.63) is 51.4 Å². The molecule has 27 heavy (non-hydrogen) atoms. The molecule has 2 aromatic heterocycles. The van der Waals surface area contributed by atoms with E-state index >= 15 is 0 Å². The predicted molar refractivity (Wildman–Crippen MR) is 113 cm³/mol. The van der Waals surface area contributed by atoms with Crippen molar-refractivity contribution < 1.29 is 4.39 Å². The first kappa shape index (κ1) is 19.3. The molecule has 1 saturated carbocycles. The highest BCUT2D eigenvalue weighted by molar-refractivity contribution is 7.18. The third kappa shape index (κ3) is 3.91. The molecule has 0 amide bonds. The van der Waals surface area contributed by atoms with Gasteiger partial charge in [0.1, 0.15) is 10.8 Å². The third-order valence-electron chi connectivity index (χ3n) is 5.89. The Morgan fingerprint density at radius 3 is 2.85 bits per heavy atom.